The maximum absolute atomic E-state index is 12.2. The summed E-state index contributed by atoms with van der Waals surface area (Å²) in [6.45, 7) is 1.72. The zero-order chi connectivity index (χ0) is 15.4. The Hall–Kier alpha value is -2.47. The molecule has 0 fully saturated rings. The first-order valence-corrected chi connectivity index (χ1v) is 6.61. The SMILES string of the molecule is CCc1c(-c2ccncc2)cc(C(=O)O)c(=O)n1CCO. The second kappa shape index (κ2) is 6.32. The number of hydrogen-bond donors (Lipinski definition) is 2. The largest absolute Gasteiger partial charge is 0.477 e. The zero-order valence-corrected chi connectivity index (χ0v) is 11.6. The van der Waals surface area contributed by atoms with E-state index < -0.39 is 11.5 Å². The van der Waals surface area contributed by atoms with E-state index in [1.165, 1.54) is 10.6 Å². The van der Waals surface area contributed by atoms with Crippen LogP contribution in [0.15, 0.2) is 35.4 Å². The predicted molar refractivity (Wildman–Crippen MR) is 77.4 cm³/mol. The van der Waals surface area contributed by atoms with Gasteiger partial charge in [0.2, 0.25) is 0 Å². The van der Waals surface area contributed by atoms with E-state index in [0.717, 1.165) is 5.56 Å². The van der Waals surface area contributed by atoms with Crippen molar-refractivity contribution in [1.82, 2.24) is 9.55 Å². The van der Waals surface area contributed by atoms with Crippen molar-refractivity contribution in [3.63, 3.8) is 0 Å². The van der Waals surface area contributed by atoms with Gasteiger partial charge in [-0.15, -0.1) is 0 Å². The van der Waals surface area contributed by atoms with Gasteiger partial charge < -0.3 is 14.8 Å². The van der Waals surface area contributed by atoms with Gasteiger partial charge in [0.25, 0.3) is 5.56 Å². The number of carboxylic acids is 1. The van der Waals surface area contributed by atoms with Crippen LogP contribution >= 0.6 is 0 Å². The number of pyridine rings is 2. The van der Waals surface area contributed by atoms with E-state index in [4.69, 9.17) is 5.11 Å². The van der Waals surface area contributed by atoms with Crippen molar-refractivity contribution in [3.05, 3.63) is 52.2 Å². The molecule has 0 saturated carbocycles. The van der Waals surface area contributed by atoms with Crippen molar-refractivity contribution in [1.29, 1.82) is 0 Å². The van der Waals surface area contributed by atoms with Gasteiger partial charge in [0.05, 0.1) is 6.61 Å². The average Bonchev–Trinajstić information content (AvgIpc) is 2.49. The first-order chi connectivity index (χ1) is 10.1. The Bertz CT molecular complexity index is 708. The molecule has 0 amide bonds. The molecule has 2 aromatic heterocycles. The maximum atomic E-state index is 12.2. The van der Waals surface area contributed by atoms with Gasteiger partial charge in [-0.1, -0.05) is 6.92 Å². The molecular formula is C15H16N2O4. The molecule has 0 unspecified atom stereocenters. The molecule has 0 bridgehead atoms. The highest BCUT2D eigenvalue weighted by Gasteiger charge is 2.18. The van der Waals surface area contributed by atoms with Gasteiger partial charge in [-0.2, -0.15) is 0 Å². The second-order valence-corrected chi connectivity index (χ2v) is 4.49. The third kappa shape index (κ3) is 2.85. The van der Waals surface area contributed by atoms with Crippen LogP contribution in [0.3, 0.4) is 0 Å². The van der Waals surface area contributed by atoms with Crippen LogP contribution in [0, 0.1) is 0 Å². The van der Waals surface area contributed by atoms with Crippen LogP contribution in [0.4, 0.5) is 0 Å². The van der Waals surface area contributed by atoms with Gasteiger partial charge in [-0.3, -0.25) is 9.78 Å². The van der Waals surface area contributed by atoms with Gasteiger partial charge in [0.1, 0.15) is 5.56 Å². The third-order valence-corrected chi connectivity index (χ3v) is 3.28. The molecule has 0 radical (unpaired) electrons. The minimum absolute atomic E-state index is 0.0706. The Morgan fingerprint density at radius 1 is 1.33 bits per heavy atom. The minimum Gasteiger partial charge on any atom is -0.477 e. The molecule has 0 aromatic carbocycles. The Balaban J connectivity index is 2.80. The molecule has 0 aliphatic carbocycles. The third-order valence-electron chi connectivity index (χ3n) is 3.28. The highest BCUT2D eigenvalue weighted by molar-refractivity contribution is 5.89. The van der Waals surface area contributed by atoms with Crippen molar-refractivity contribution in [2.24, 2.45) is 0 Å². The van der Waals surface area contributed by atoms with Crippen molar-refractivity contribution in [2.45, 2.75) is 19.9 Å². The Labute approximate surface area is 121 Å². The summed E-state index contributed by atoms with van der Waals surface area (Å²) in [5, 5.41) is 18.3. The molecule has 2 heterocycles. The first-order valence-electron chi connectivity index (χ1n) is 6.61. The van der Waals surface area contributed by atoms with E-state index in [1.54, 1.807) is 24.5 Å². The molecule has 0 aliphatic rings. The summed E-state index contributed by atoms with van der Waals surface area (Å²) < 4.78 is 1.33. The van der Waals surface area contributed by atoms with E-state index in [0.29, 0.717) is 17.7 Å². The monoisotopic (exact) mass is 288 g/mol. The van der Waals surface area contributed by atoms with E-state index in [-0.39, 0.29) is 18.7 Å². The molecule has 110 valence electrons. The lowest BCUT2D eigenvalue weighted by Gasteiger charge is -2.16. The number of aliphatic hydroxyl groups is 1. The molecular weight excluding hydrogens is 272 g/mol. The Morgan fingerprint density at radius 2 is 2.00 bits per heavy atom. The molecule has 6 heteroatoms. The van der Waals surface area contributed by atoms with Crippen molar-refractivity contribution in [2.75, 3.05) is 6.61 Å². The highest BCUT2D eigenvalue weighted by Crippen LogP contribution is 2.23. The number of carboxylic acid groups (broad SMARTS) is 1. The number of rotatable bonds is 5. The molecule has 2 aromatic rings. The average molecular weight is 288 g/mol. The van der Waals surface area contributed by atoms with Crippen molar-refractivity contribution < 1.29 is 15.0 Å². The molecule has 0 atom stereocenters. The fourth-order valence-corrected chi connectivity index (χ4v) is 2.36. The summed E-state index contributed by atoms with van der Waals surface area (Å²) in [6.07, 6.45) is 3.76. The molecule has 21 heavy (non-hydrogen) atoms. The van der Waals surface area contributed by atoms with Crippen LogP contribution in [0.2, 0.25) is 0 Å². The standard InChI is InChI=1S/C15H16N2O4/c1-2-13-11(10-3-5-16-6-4-10)9-12(15(20)21)14(19)17(13)7-8-18/h3-6,9,18H,2,7-8H2,1H3,(H,20,21). The van der Waals surface area contributed by atoms with E-state index in [1.807, 2.05) is 6.92 Å². The number of nitrogens with zero attached hydrogens (tertiary/aromatic N) is 2. The molecule has 2 N–H and O–H groups in total. The fourth-order valence-electron chi connectivity index (χ4n) is 2.36. The number of aromatic carboxylic acids is 1. The summed E-state index contributed by atoms with van der Waals surface area (Å²) in [4.78, 5) is 27.4. The Morgan fingerprint density at radius 3 is 2.52 bits per heavy atom. The van der Waals surface area contributed by atoms with E-state index in [2.05, 4.69) is 4.98 Å². The summed E-state index contributed by atoms with van der Waals surface area (Å²) >= 11 is 0. The second-order valence-electron chi connectivity index (χ2n) is 4.49. The zero-order valence-electron chi connectivity index (χ0n) is 11.6. The van der Waals surface area contributed by atoms with Gasteiger partial charge in [0, 0.05) is 30.2 Å². The van der Waals surface area contributed by atoms with Gasteiger partial charge in [-0.05, 0) is 30.2 Å². The normalized spacial score (nSPS) is 10.6. The molecule has 0 aliphatic heterocycles. The predicted octanol–water partition coefficient (Wildman–Crippen LogP) is 1.16. The lowest BCUT2D eigenvalue weighted by atomic mass is 10.0. The number of carbonyl (C=O) groups is 1. The smallest absolute Gasteiger partial charge is 0.341 e. The quantitative estimate of drug-likeness (QED) is 0.861. The van der Waals surface area contributed by atoms with Crippen LogP contribution in [-0.4, -0.2) is 32.3 Å². The van der Waals surface area contributed by atoms with Crippen LogP contribution in [0.25, 0.3) is 11.1 Å². The van der Waals surface area contributed by atoms with E-state index >= 15 is 0 Å². The number of hydrogen-bond acceptors (Lipinski definition) is 4. The molecule has 2 rings (SSSR count). The lowest BCUT2D eigenvalue weighted by molar-refractivity contribution is 0.0694. The fraction of sp³-hybridized carbons (Fsp3) is 0.267. The van der Waals surface area contributed by atoms with Crippen LogP contribution in [0.5, 0.6) is 0 Å². The summed E-state index contributed by atoms with van der Waals surface area (Å²) in [5.41, 5.74) is 1.27. The summed E-state index contributed by atoms with van der Waals surface area (Å²) in [5.74, 6) is -1.27. The summed E-state index contributed by atoms with van der Waals surface area (Å²) in [6, 6.07) is 4.91. The Kier molecular flexibility index (Phi) is 4.49. The molecule has 0 saturated heterocycles. The van der Waals surface area contributed by atoms with Gasteiger partial charge in [-0.25, -0.2) is 4.79 Å². The van der Waals surface area contributed by atoms with Crippen LogP contribution in [-0.2, 0) is 13.0 Å². The van der Waals surface area contributed by atoms with Crippen LogP contribution in [0.1, 0.15) is 23.0 Å². The summed E-state index contributed by atoms with van der Waals surface area (Å²) in [7, 11) is 0. The highest BCUT2D eigenvalue weighted by atomic mass is 16.4. The lowest BCUT2D eigenvalue weighted by Crippen LogP contribution is -2.30. The van der Waals surface area contributed by atoms with Crippen molar-refractivity contribution >= 4 is 5.97 Å². The van der Waals surface area contributed by atoms with Crippen molar-refractivity contribution in [3.8, 4) is 11.1 Å². The molecule has 0 spiro atoms. The number of aromatic nitrogens is 2. The number of aliphatic hydroxyl groups excluding tert-OH is 1. The van der Waals surface area contributed by atoms with E-state index in [9.17, 15) is 14.7 Å². The van der Waals surface area contributed by atoms with Gasteiger partial charge in [0.15, 0.2) is 0 Å². The topological polar surface area (TPSA) is 92.4 Å². The minimum atomic E-state index is -1.27. The van der Waals surface area contributed by atoms with Crippen LogP contribution < -0.4 is 5.56 Å². The first kappa shape index (κ1) is 14.9. The van der Waals surface area contributed by atoms with Gasteiger partial charge >= 0.3 is 5.97 Å². The molecule has 6 nitrogen and oxygen atoms in total. The maximum Gasteiger partial charge on any atom is 0.341 e.